The molecule has 0 aliphatic heterocycles. The largest absolute Gasteiger partial charge is 0.358 e. The van der Waals surface area contributed by atoms with Gasteiger partial charge >= 0.3 is 5.82 Å². The fourth-order valence-corrected chi connectivity index (χ4v) is 3.31. The third-order valence-electron chi connectivity index (χ3n) is 3.42. The van der Waals surface area contributed by atoms with E-state index in [1.165, 1.54) is 23.0 Å². The normalized spacial score (nSPS) is 10.8. The van der Waals surface area contributed by atoms with Crippen molar-refractivity contribution >= 4 is 61.0 Å². The zero-order valence-corrected chi connectivity index (χ0v) is 17.0. The van der Waals surface area contributed by atoms with E-state index in [-0.39, 0.29) is 33.1 Å². The number of nitro groups is 1. The highest BCUT2D eigenvalue weighted by Crippen LogP contribution is 2.28. The Labute approximate surface area is 172 Å². The van der Waals surface area contributed by atoms with E-state index in [4.69, 9.17) is 11.6 Å². The number of aromatic nitrogens is 4. The highest BCUT2D eigenvalue weighted by Gasteiger charge is 2.25. The number of H-pyrrole nitrogens is 1. The van der Waals surface area contributed by atoms with Gasteiger partial charge in [-0.2, -0.15) is 5.10 Å². The van der Waals surface area contributed by atoms with E-state index >= 15 is 0 Å². The average molecular weight is 523 g/mol. The van der Waals surface area contributed by atoms with E-state index in [0.29, 0.717) is 4.47 Å². The summed E-state index contributed by atoms with van der Waals surface area (Å²) in [5.74, 6) is -1.52. The van der Waals surface area contributed by atoms with Gasteiger partial charge in [0.15, 0.2) is 11.5 Å². The van der Waals surface area contributed by atoms with Crippen LogP contribution in [-0.4, -0.2) is 30.8 Å². The van der Waals surface area contributed by atoms with Crippen molar-refractivity contribution in [2.75, 3.05) is 5.32 Å². The van der Waals surface area contributed by atoms with E-state index in [0.717, 1.165) is 0 Å². The summed E-state index contributed by atoms with van der Waals surface area (Å²) in [4.78, 5) is 22.4. The molecule has 0 radical (unpaired) electrons. The van der Waals surface area contributed by atoms with Crippen LogP contribution in [-0.2, 0) is 6.54 Å². The molecule has 27 heavy (non-hydrogen) atoms. The van der Waals surface area contributed by atoms with E-state index in [1.54, 1.807) is 6.07 Å². The minimum Gasteiger partial charge on any atom is -0.358 e. The average Bonchev–Trinajstić information content (AvgIpc) is 3.14. The van der Waals surface area contributed by atoms with Crippen LogP contribution >= 0.6 is 43.5 Å². The Morgan fingerprint density at radius 2 is 2.19 bits per heavy atom. The molecule has 0 saturated carbocycles. The number of carbonyl (C=O) groups is 1. The molecule has 0 bridgehead atoms. The number of aromatic amines is 1. The molecular formula is C14H8Br2ClFN6O3. The molecule has 3 rings (SSSR count). The Bertz CT molecular complexity index is 1030. The van der Waals surface area contributed by atoms with Gasteiger partial charge in [0, 0.05) is 16.8 Å². The predicted octanol–water partition coefficient (Wildman–Crippen LogP) is 4.13. The van der Waals surface area contributed by atoms with Gasteiger partial charge < -0.3 is 15.4 Å². The van der Waals surface area contributed by atoms with Crippen LogP contribution in [0.5, 0.6) is 0 Å². The van der Waals surface area contributed by atoms with Crippen molar-refractivity contribution in [3.05, 3.63) is 65.6 Å². The van der Waals surface area contributed by atoms with Crippen molar-refractivity contribution in [1.29, 1.82) is 0 Å². The zero-order chi connectivity index (χ0) is 19.7. The first-order chi connectivity index (χ1) is 12.8. The number of nitrogens with one attached hydrogen (secondary N) is 2. The molecule has 1 aromatic carbocycles. The molecule has 0 atom stereocenters. The van der Waals surface area contributed by atoms with Gasteiger partial charge in [-0.15, -0.1) is 5.10 Å². The molecule has 0 unspecified atom stereocenters. The van der Waals surface area contributed by atoms with Crippen molar-refractivity contribution in [1.82, 2.24) is 20.0 Å². The van der Waals surface area contributed by atoms with Crippen molar-refractivity contribution in [2.24, 2.45) is 0 Å². The summed E-state index contributed by atoms with van der Waals surface area (Å²) in [6.45, 7) is 0.0392. The molecule has 0 aliphatic rings. The van der Waals surface area contributed by atoms with Crippen LogP contribution in [0, 0.1) is 15.9 Å². The lowest BCUT2D eigenvalue weighted by Gasteiger charge is -2.05. The summed E-state index contributed by atoms with van der Waals surface area (Å²) in [7, 11) is 0. The summed E-state index contributed by atoms with van der Waals surface area (Å²) >= 11 is 12.2. The number of benzene rings is 1. The van der Waals surface area contributed by atoms with Crippen molar-refractivity contribution in [3.8, 4) is 0 Å². The zero-order valence-electron chi connectivity index (χ0n) is 13.0. The van der Waals surface area contributed by atoms with Crippen LogP contribution in [0.4, 0.5) is 16.0 Å². The molecule has 1 amide bonds. The lowest BCUT2D eigenvalue weighted by atomic mass is 10.2. The second kappa shape index (κ2) is 7.74. The molecule has 9 nitrogen and oxygen atoms in total. The van der Waals surface area contributed by atoms with Crippen molar-refractivity contribution in [2.45, 2.75) is 6.54 Å². The van der Waals surface area contributed by atoms with Crippen LogP contribution in [0.2, 0.25) is 5.02 Å². The molecular weight excluding hydrogens is 514 g/mol. The molecule has 2 aromatic heterocycles. The number of halogens is 4. The molecule has 0 spiro atoms. The van der Waals surface area contributed by atoms with E-state index in [1.807, 2.05) is 0 Å². The van der Waals surface area contributed by atoms with E-state index in [2.05, 4.69) is 52.5 Å². The summed E-state index contributed by atoms with van der Waals surface area (Å²) < 4.78 is 15.6. The number of rotatable bonds is 5. The third-order valence-corrected chi connectivity index (χ3v) is 5.10. The minimum absolute atomic E-state index is 0.0392. The second-order valence-electron chi connectivity index (χ2n) is 5.17. The lowest BCUT2D eigenvalue weighted by molar-refractivity contribution is -0.390. The Kier molecular flexibility index (Phi) is 5.58. The first-order valence-electron chi connectivity index (χ1n) is 7.13. The van der Waals surface area contributed by atoms with Crippen molar-refractivity contribution in [3.63, 3.8) is 0 Å². The van der Waals surface area contributed by atoms with Gasteiger partial charge in [-0.1, -0.05) is 22.8 Å². The fraction of sp³-hybridized carbons (Fsp3) is 0.0714. The number of carbonyl (C=O) groups excluding carboxylic acids is 1. The maximum atomic E-state index is 13.9. The molecule has 0 saturated heterocycles. The van der Waals surface area contributed by atoms with Gasteiger partial charge in [0.05, 0.1) is 11.0 Å². The summed E-state index contributed by atoms with van der Waals surface area (Å²) in [6.07, 6.45) is 1.53. The Morgan fingerprint density at radius 3 is 2.81 bits per heavy atom. The van der Waals surface area contributed by atoms with Crippen LogP contribution in [0.1, 0.15) is 16.1 Å². The summed E-state index contributed by atoms with van der Waals surface area (Å²) in [6, 6.07) is 4.33. The highest BCUT2D eigenvalue weighted by molar-refractivity contribution is 9.11. The summed E-state index contributed by atoms with van der Waals surface area (Å²) in [5, 5.41) is 23.5. The molecule has 13 heteroatoms. The van der Waals surface area contributed by atoms with Gasteiger partial charge in [-0.25, -0.2) is 4.39 Å². The van der Waals surface area contributed by atoms with Crippen LogP contribution in [0.3, 0.4) is 0 Å². The number of nitrogens with zero attached hydrogens (tertiary/aromatic N) is 4. The van der Waals surface area contributed by atoms with Crippen LogP contribution < -0.4 is 5.32 Å². The van der Waals surface area contributed by atoms with Gasteiger partial charge in [0.2, 0.25) is 0 Å². The first-order valence-corrected chi connectivity index (χ1v) is 9.09. The molecule has 2 heterocycles. The maximum Gasteiger partial charge on any atom is 0.357 e. The third kappa shape index (κ3) is 4.01. The topological polar surface area (TPSA) is 119 Å². The van der Waals surface area contributed by atoms with Crippen LogP contribution in [0.25, 0.3) is 0 Å². The monoisotopic (exact) mass is 520 g/mol. The number of hydrogen-bond acceptors (Lipinski definition) is 5. The van der Waals surface area contributed by atoms with Crippen molar-refractivity contribution < 1.29 is 14.1 Å². The molecule has 0 aliphatic carbocycles. The quantitative estimate of drug-likeness (QED) is 0.386. The van der Waals surface area contributed by atoms with Crippen LogP contribution in [0.15, 0.2) is 33.3 Å². The first kappa shape index (κ1) is 19.5. The number of anilines is 1. The van der Waals surface area contributed by atoms with Gasteiger partial charge in [0.1, 0.15) is 10.3 Å². The molecule has 2 N–H and O–H groups in total. The number of amides is 1. The smallest absolute Gasteiger partial charge is 0.357 e. The predicted molar refractivity (Wildman–Crippen MR) is 101 cm³/mol. The molecule has 0 fully saturated rings. The lowest BCUT2D eigenvalue weighted by Crippen LogP contribution is -2.14. The molecule has 3 aromatic rings. The Morgan fingerprint density at radius 1 is 1.44 bits per heavy atom. The van der Waals surface area contributed by atoms with Gasteiger partial charge in [0.25, 0.3) is 5.91 Å². The fourth-order valence-electron chi connectivity index (χ4n) is 2.17. The van der Waals surface area contributed by atoms with Gasteiger partial charge in [-0.3, -0.25) is 9.48 Å². The maximum absolute atomic E-state index is 13.9. The Hall–Kier alpha value is -2.31. The molecule has 140 valence electrons. The highest BCUT2D eigenvalue weighted by atomic mass is 79.9. The van der Waals surface area contributed by atoms with Gasteiger partial charge in [-0.05, 0) is 48.9 Å². The van der Waals surface area contributed by atoms with E-state index < -0.39 is 22.5 Å². The summed E-state index contributed by atoms with van der Waals surface area (Å²) in [5.41, 5.74) is 0.0398. The number of hydrogen-bond donors (Lipinski definition) is 2. The minimum atomic E-state index is -0.721. The second-order valence-corrected chi connectivity index (χ2v) is 7.22. The van der Waals surface area contributed by atoms with E-state index in [9.17, 15) is 19.3 Å². The SMILES string of the molecule is O=C(Nc1nn(Cc2c(F)cccc2Cl)cc1Br)c1n[nH]c([N+](=O)[O-])c1Br. The standard InChI is InChI=1S/C14H8Br2ClFN6O3/c15-7-5-23(4-6-8(17)2-1-3-9(6)18)22-12(7)19-14(25)11-10(16)13(21-20-11)24(26)27/h1-3,5H,4H2,(H,20,21)(H,19,22,25). The Balaban J connectivity index is 1.81.